The summed E-state index contributed by atoms with van der Waals surface area (Å²) < 4.78 is 0. The van der Waals surface area contributed by atoms with Crippen molar-refractivity contribution in [1.82, 2.24) is 4.98 Å². The van der Waals surface area contributed by atoms with Crippen LogP contribution in [0.4, 0.5) is 5.82 Å². The molecule has 3 rings (SSSR count). The first-order valence-corrected chi connectivity index (χ1v) is 7.71. The van der Waals surface area contributed by atoms with Crippen molar-refractivity contribution in [3.05, 3.63) is 95.2 Å². The number of hydrogen-bond acceptors (Lipinski definition) is 3. The van der Waals surface area contributed by atoms with Crippen molar-refractivity contribution in [1.29, 1.82) is 0 Å². The summed E-state index contributed by atoms with van der Waals surface area (Å²) in [5, 5.41) is 13.8. The molecular weight excluding hydrogens is 284 g/mol. The van der Waals surface area contributed by atoms with Crippen LogP contribution in [0.3, 0.4) is 0 Å². The summed E-state index contributed by atoms with van der Waals surface area (Å²) in [7, 11) is 0. The minimum absolute atomic E-state index is 0.648. The summed E-state index contributed by atoms with van der Waals surface area (Å²) in [5.41, 5.74) is 3.91. The van der Waals surface area contributed by atoms with Crippen LogP contribution in [0.25, 0.3) is 0 Å². The van der Waals surface area contributed by atoms with Gasteiger partial charge in [-0.2, -0.15) is 0 Å². The van der Waals surface area contributed by atoms with Crippen molar-refractivity contribution >= 4 is 5.82 Å². The third kappa shape index (κ3) is 3.76. The highest BCUT2D eigenvalue weighted by atomic mass is 16.3. The predicted octanol–water partition coefficient (Wildman–Crippen LogP) is 4.08. The monoisotopic (exact) mass is 304 g/mol. The molecule has 3 nitrogen and oxygen atoms in total. The van der Waals surface area contributed by atoms with E-state index in [1.165, 1.54) is 5.56 Å². The minimum Gasteiger partial charge on any atom is -0.384 e. The summed E-state index contributed by atoms with van der Waals surface area (Å²) in [6, 6.07) is 21.8. The highest BCUT2D eigenvalue weighted by molar-refractivity contribution is 5.46. The first kappa shape index (κ1) is 15.3. The van der Waals surface area contributed by atoms with Gasteiger partial charge in [0.15, 0.2) is 0 Å². The normalized spacial score (nSPS) is 11.9. The number of benzene rings is 2. The fraction of sp³-hybridized carbons (Fsp3) is 0.150. The molecule has 3 heteroatoms. The molecule has 0 aliphatic heterocycles. The standard InChI is InChI=1S/C20H20N2O/c1-15-12-18(19(23)17-10-6-3-7-11-17)14-22-20(15)21-13-16-8-4-2-5-9-16/h2-12,14,19,23H,13H2,1H3,(H,21,22)/t19-/m0/s1. The molecule has 0 aliphatic carbocycles. The van der Waals surface area contributed by atoms with E-state index in [4.69, 9.17) is 0 Å². The highest BCUT2D eigenvalue weighted by Crippen LogP contribution is 2.24. The van der Waals surface area contributed by atoms with E-state index in [-0.39, 0.29) is 0 Å². The van der Waals surface area contributed by atoms with E-state index >= 15 is 0 Å². The maximum absolute atomic E-state index is 10.5. The van der Waals surface area contributed by atoms with Crippen molar-refractivity contribution in [2.75, 3.05) is 5.32 Å². The van der Waals surface area contributed by atoms with Crippen LogP contribution in [0.15, 0.2) is 72.9 Å². The SMILES string of the molecule is Cc1cc([C@@H](O)c2ccccc2)cnc1NCc1ccccc1. The second kappa shape index (κ2) is 7.07. The lowest BCUT2D eigenvalue weighted by Crippen LogP contribution is -2.06. The smallest absolute Gasteiger partial charge is 0.129 e. The largest absolute Gasteiger partial charge is 0.384 e. The lowest BCUT2D eigenvalue weighted by Gasteiger charge is -2.14. The number of anilines is 1. The van der Waals surface area contributed by atoms with Gasteiger partial charge in [0.1, 0.15) is 11.9 Å². The van der Waals surface area contributed by atoms with Gasteiger partial charge in [0.2, 0.25) is 0 Å². The Kier molecular flexibility index (Phi) is 4.69. The van der Waals surface area contributed by atoms with E-state index in [9.17, 15) is 5.11 Å². The fourth-order valence-corrected chi connectivity index (χ4v) is 2.54. The topological polar surface area (TPSA) is 45.2 Å². The predicted molar refractivity (Wildman–Crippen MR) is 93.2 cm³/mol. The summed E-state index contributed by atoms with van der Waals surface area (Å²) in [4.78, 5) is 4.47. The van der Waals surface area contributed by atoms with Gasteiger partial charge in [0, 0.05) is 18.3 Å². The van der Waals surface area contributed by atoms with Crippen LogP contribution in [0.5, 0.6) is 0 Å². The quantitative estimate of drug-likeness (QED) is 0.746. The molecule has 2 N–H and O–H groups in total. The zero-order valence-corrected chi connectivity index (χ0v) is 13.1. The van der Waals surface area contributed by atoms with E-state index in [2.05, 4.69) is 22.4 Å². The molecule has 3 aromatic rings. The number of hydrogen-bond donors (Lipinski definition) is 2. The Balaban J connectivity index is 1.73. The van der Waals surface area contributed by atoms with Gasteiger partial charge in [-0.25, -0.2) is 4.98 Å². The molecule has 116 valence electrons. The Morgan fingerprint density at radius 3 is 2.26 bits per heavy atom. The van der Waals surface area contributed by atoms with Gasteiger partial charge in [-0.15, -0.1) is 0 Å². The summed E-state index contributed by atoms with van der Waals surface area (Å²) >= 11 is 0. The average molecular weight is 304 g/mol. The first-order chi connectivity index (χ1) is 11.2. The molecule has 0 unspecified atom stereocenters. The second-order valence-corrected chi connectivity index (χ2v) is 5.59. The molecule has 0 aliphatic rings. The van der Waals surface area contributed by atoms with Crippen LogP contribution in [0.1, 0.15) is 28.4 Å². The van der Waals surface area contributed by atoms with E-state index in [0.29, 0.717) is 0 Å². The number of aliphatic hydroxyl groups is 1. The third-order valence-corrected chi connectivity index (χ3v) is 3.83. The van der Waals surface area contributed by atoms with Crippen molar-refractivity contribution < 1.29 is 5.11 Å². The van der Waals surface area contributed by atoms with Crippen molar-refractivity contribution in [2.45, 2.75) is 19.6 Å². The number of aryl methyl sites for hydroxylation is 1. The number of aliphatic hydroxyl groups excluding tert-OH is 1. The molecule has 1 atom stereocenters. The molecule has 1 heterocycles. The lowest BCUT2D eigenvalue weighted by atomic mass is 10.0. The minimum atomic E-state index is -0.648. The van der Waals surface area contributed by atoms with Gasteiger partial charge in [0.25, 0.3) is 0 Å². The van der Waals surface area contributed by atoms with Gasteiger partial charge in [-0.1, -0.05) is 60.7 Å². The summed E-state index contributed by atoms with van der Waals surface area (Å²) in [6.07, 6.45) is 1.09. The Bertz CT molecular complexity index is 757. The van der Waals surface area contributed by atoms with Crippen molar-refractivity contribution in [2.24, 2.45) is 0 Å². The van der Waals surface area contributed by atoms with E-state index < -0.39 is 6.10 Å². The molecule has 0 radical (unpaired) electrons. The third-order valence-electron chi connectivity index (χ3n) is 3.83. The molecule has 0 saturated heterocycles. The lowest BCUT2D eigenvalue weighted by molar-refractivity contribution is 0.220. The van der Waals surface area contributed by atoms with Gasteiger partial charge in [-0.3, -0.25) is 0 Å². The molecular formula is C20H20N2O. The van der Waals surface area contributed by atoms with Crippen LogP contribution < -0.4 is 5.32 Å². The Morgan fingerprint density at radius 2 is 1.61 bits per heavy atom. The van der Waals surface area contributed by atoms with Crippen LogP contribution in [-0.4, -0.2) is 10.1 Å². The number of rotatable bonds is 5. The molecule has 1 aromatic heterocycles. The fourth-order valence-electron chi connectivity index (χ4n) is 2.54. The number of pyridine rings is 1. The van der Waals surface area contributed by atoms with E-state index in [1.807, 2.05) is 61.5 Å². The maximum Gasteiger partial charge on any atom is 0.129 e. The van der Waals surface area contributed by atoms with Gasteiger partial charge in [-0.05, 0) is 29.7 Å². The highest BCUT2D eigenvalue weighted by Gasteiger charge is 2.12. The molecule has 2 aromatic carbocycles. The number of nitrogens with zero attached hydrogens (tertiary/aromatic N) is 1. The molecule has 0 bridgehead atoms. The van der Waals surface area contributed by atoms with Crippen LogP contribution in [-0.2, 0) is 6.54 Å². The van der Waals surface area contributed by atoms with Gasteiger partial charge < -0.3 is 10.4 Å². The van der Waals surface area contributed by atoms with Crippen LogP contribution >= 0.6 is 0 Å². The number of aromatic nitrogens is 1. The second-order valence-electron chi connectivity index (χ2n) is 5.59. The van der Waals surface area contributed by atoms with Gasteiger partial charge in [0.05, 0.1) is 0 Å². The Hall–Kier alpha value is -2.65. The molecule has 0 spiro atoms. The molecule has 0 saturated carbocycles. The van der Waals surface area contributed by atoms with E-state index in [0.717, 1.165) is 29.1 Å². The zero-order chi connectivity index (χ0) is 16.1. The van der Waals surface area contributed by atoms with Crippen molar-refractivity contribution in [3.8, 4) is 0 Å². The average Bonchev–Trinajstić information content (AvgIpc) is 2.61. The van der Waals surface area contributed by atoms with E-state index in [1.54, 1.807) is 6.20 Å². The van der Waals surface area contributed by atoms with Gasteiger partial charge >= 0.3 is 0 Å². The Labute approximate surface area is 136 Å². The molecule has 0 amide bonds. The maximum atomic E-state index is 10.5. The zero-order valence-electron chi connectivity index (χ0n) is 13.1. The van der Waals surface area contributed by atoms with Crippen LogP contribution in [0, 0.1) is 6.92 Å². The molecule has 0 fully saturated rings. The summed E-state index contributed by atoms with van der Waals surface area (Å²) in [5.74, 6) is 0.845. The molecule has 23 heavy (non-hydrogen) atoms. The first-order valence-electron chi connectivity index (χ1n) is 7.71. The number of nitrogens with one attached hydrogen (secondary N) is 1. The van der Waals surface area contributed by atoms with Crippen LogP contribution in [0.2, 0.25) is 0 Å². The van der Waals surface area contributed by atoms with Crippen molar-refractivity contribution in [3.63, 3.8) is 0 Å². The Morgan fingerprint density at radius 1 is 0.957 bits per heavy atom. The summed E-state index contributed by atoms with van der Waals surface area (Å²) in [6.45, 7) is 2.73.